The van der Waals surface area contributed by atoms with Crippen LogP contribution in [0.5, 0.6) is 0 Å². The van der Waals surface area contributed by atoms with Crippen molar-refractivity contribution in [3.8, 4) is 10.6 Å². The summed E-state index contributed by atoms with van der Waals surface area (Å²) in [6, 6.07) is 19.8. The highest BCUT2D eigenvalue weighted by Gasteiger charge is 2.16. The number of thiazole rings is 1. The third-order valence-electron chi connectivity index (χ3n) is 4.85. The fraction of sp³-hybridized carbons (Fsp3) is 0.0870. The van der Waals surface area contributed by atoms with Gasteiger partial charge in [0.05, 0.1) is 15.9 Å². The molecule has 0 bridgehead atoms. The quantitative estimate of drug-likeness (QED) is 0.438. The maximum atomic E-state index is 12.8. The summed E-state index contributed by atoms with van der Waals surface area (Å²) in [6.45, 7) is 3.93. The normalized spacial score (nSPS) is 11.2. The van der Waals surface area contributed by atoms with E-state index >= 15 is 0 Å². The Labute approximate surface area is 171 Å². The molecule has 0 atom stereocenters. The maximum Gasteiger partial charge on any atom is 0.274 e. The van der Waals surface area contributed by atoms with Gasteiger partial charge in [0.15, 0.2) is 0 Å². The molecular formula is C23H18N4OS. The lowest BCUT2D eigenvalue weighted by molar-refractivity contribution is 0.102. The minimum absolute atomic E-state index is 0.176. The molecule has 0 saturated carbocycles. The summed E-state index contributed by atoms with van der Waals surface area (Å²) in [5.41, 5.74) is 6.02. The molecule has 1 amide bonds. The Kier molecular flexibility index (Phi) is 4.14. The van der Waals surface area contributed by atoms with E-state index in [1.807, 2.05) is 60.0 Å². The fourth-order valence-corrected chi connectivity index (χ4v) is 4.50. The molecule has 0 aliphatic heterocycles. The Bertz CT molecular complexity index is 1370. The molecular weight excluding hydrogens is 380 g/mol. The van der Waals surface area contributed by atoms with Crippen LogP contribution in [0.15, 0.2) is 66.9 Å². The molecule has 0 aliphatic rings. The molecule has 0 fully saturated rings. The highest BCUT2D eigenvalue weighted by molar-refractivity contribution is 7.21. The molecule has 0 unspecified atom stereocenters. The van der Waals surface area contributed by atoms with Crippen LogP contribution in [0.25, 0.3) is 26.4 Å². The lowest BCUT2D eigenvalue weighted by Gasteiger charge is -2.06. The van der Waals surface area contributed by atoms with Crippen molar-refractivity contribution in [1.82, 2.24) is 14.4 Å². The number of imidazole rings is 1. The lowest BCUT2D eigenvalue weighted by atomic mass is 10.2. The number of rotatable bonds is 3. The van der Waals surface area contributed by atoms with Gasteiger partial charge in [0.1, 0.15) is 16.3 Å². The van der Waals surface area contributed by atoms with Gasteiger partial charge in [-0.25, -0.2) is 9.97 Å². The number of carbonyl (C=O) groups excluding carboxylic acids is 1. The van der Waals surface area contributed by atoms with E-state index in [-0.39, 0.29) is 5.91 Å². The Hall–Kier alpha value is -3.51. The summed E-state index contributed by atoms with van der Waals surface area (Å²) < 4.78 is 2.99. The number of benzene rings is 2. The van der Waals surface area contributed by atoms with Crippen LogP contribution in [0.1, 0.15) is 21.7 Å². The number of hydrogen-bond acceptors (Lipinski definition) is 4. The van der Waals surface area contributed by atoms with Gasteiger partial charge in [-0.3, -0.25) is 9.20 Å². The molecule has 6 heteroatoms. The first-order chi connectivity index (χ1) is 14.1. The standard InChI is InChI=1S/C23H18N4OS/c1-14-6-11-18-19(13-14)29-23(26-18)16-7-9-17(10-8-16)25-22(28)21-15(2)24-20-5-3-4-12-27(20)21/h3-13H,1-2H3,(H,25,28). The molecule has 3 aromatic heterocycles. The maximum absolute atomic E-state index is 12.8. The SMILES string of the molecule is Cc1ccc2nc(-c3ccc(NC(=O)c4c(C)nc5ccccn45)cc3)sc2c1. The van der Waals surface area contributed by atoms with Crippen molar-refractivity contribution in [1.29, 1.82) is 0 Å². The van der Waals surface area contributed by atoms with Gasteiger partial charge in [0.25, 0.3) is 5.91 Å². The van der Waals surface area contributed by atoms with Gasteiger partial charge in [-0.05, 0) is 67.9 Å². The summed E-state index contributed by atoms with van der Waals surface area (Å²) in [5.74, 6) is -0.176. The topological polar surface area (TPSA) is 59.3 Å². The van der Waals surface area contributed by atoms with Crippen molar-refractivity contribution in [2.24, 2.45) is 0 Å². The number of nitrogens with one attached hydrogen (secondary N) is 1. The van der Waals surface area contributed by atoms with E-state index < -0.39 is 0 Å². The van der Waals surface area contributed by atoms with E-state index in [0.717, 1.165) is 27.4 Å². The average Bonchev–Trinajstić information content (AvgIpc) is 3.28. The van der Waals surface area contributed by atoms with E-state index in [4.69, 9.17) is 4.98 Å². The molecule has 0 spiro atoms. The third kappa shape index (κ3) is 3.17. The predicted octanol–water partition coefficient (Wildman–Crippen LogP) is 5.48. The number of amides is 1. The van der Waals surface area contributed by atoms with E-state index in [9.17, 15) is 4.79 Å². The summed E-state index contributed by atoms with van der Waals surface area (Å²) >= 11 is 1.68. The third-order valence-corrected chi connectivity index (χ3v) is 5.92. The molecule has 0 aliphatic carbocycles. The molecule has 3 heterocycles. The van der Waals surface area contributed by atoms with Gasteiger partial charge in [-0.1, -0.05) is 12.1 Å². The molecule has 5 rings (SSSR count). The van der Waals surface area contributed by atoms with E-state index in [2.05, 4.69) is 35.4 Å². The molecule has 29 heavy (non-hydrogen) atoms. The number of carbonyl (C=O) groups is 1. The van der Waals surface area contributed by atoms with Crippen LogP contribution in [0.4, 0.5) is 5.69 Å². The fourth-order valence-electron chi connectivity index (χ4n) is 3.43. The number of hydrogen-bond donors (Lipinski definition) is 1. The van der Waals surface area contributed by atoms with Crippen LogP contribution in [-0.2, 0) is 0 Å². The lowest BCUT2D eigenvalue weighted by Crippen LogP contribution is -2.15. The van der Waals surface area contributed by atoms with Gasteiger partial charge in [0, 0.05) is 17.4 Å². The highest BCUT2D eigenvalue weighted by Crippen LogP contribution is 2.31. The van der Waals surface area contributed by atoms with Crippen molar-refractivity contribution in [2.45, 2.75) is 13.8 Å². The number of nitrogens with zero attached hydrogens (tertiary/aromatic N) is 3. The Morgan fingerprint density at radius 1 is 1.00 bits per heavy atom. The first kappa shape index (κ1) is 17.6. The van der Waals surface area contributed by atoms with E-state index in [1.54, 1.807) is 11.3 Å². The smallest absolute Gasteiger partial charge is 0.274 e. The molecule has 5 aromatic rings. The van der Waals surface area contributed by atoms with Crippen LogP contribution >= 0.6 is 11.3 Å². The summed E-state index contributed by atoms with van der Waals surface area (Å²) in [5, 5.41) is 3.95. The van der Waals surface area contributed by atoms with Crippen LogP contribution in [-0.4, -0.2) is 20.3 Å². The molecule has 2 aromatic carbocycles. The van der Waals surface area contributed by atoms with Gasteiger partial charge >= 0.3 is 0 Å². The second kappa shape index (κ2) is 6.83. The van der Waals surface area contributed by atoms with Crippen molar-refractivity contribution in [3.05, 3.63) is 83.8 Å². The number of pyridine rings is 1. The van der Waals surface area contributed by atoms with Gasteiger partial charge in [-0.2, -0.15) is 0 Å². The van der Waals surface area contributed by atoms with E-state index in [0.29, 0.717) is 11.4 Å². The number of aromatic nitrogens is 3. The molecule has 142 valence electrons. The summed E-state index contributed by atoms with van der Waals surface area (Å²) in [6.07, 6.45) is 1.85. The summed E-state index contributed by atoms with van der Waals surface area (Å²) in [4.78, 5) is 22.0. The van der Waals surface area contributed by atoms with Crippen molar-refractivity contribution >= 4 is 38.8 Å². The Morgan fingerprint density at radius 3 is 2.66 bits per heavy atom. The zero-order valence-electron chi connectivity index (χ0n) is 16.0. The first-order valence-electron chi connectivity index (χ1n) is 9.31. The van der Waals surface area contributed by atoms with Crippen LogP contribution < -0.4 is 5.32 Å². The van der Waals surface area contributed by atoms with Gasteiger partial charge in [-0.15, -0.1) is 11.3 Å². The monoisotopic (exact) mass is 398 g/mol. The molecule has 1 N–H and O–H groups in total. The zero-order valence-corrected chi connectivity index (χ0v) is 16.8. The van der Waals surface area contributed by atoms with Gasteiger partial charge in [0.2, 0.25) is 0 Å². The van der Waals surface area contributed by atoms with Crippen LogP contribution in [0.3, 0.4) is 0 Å². The van der Waals surface area contributed by atoms with Crippen LogP contribution in [0, 0.1) is 13.8 Å². The zero-order chi connectivity index (χ0) is 20.0. The van der Waals surface area contributed by atoms with Crippen LogP contribution in [0.2, 0.25) is 0 Å². The minimum atomic E-state index is -0.176. The largest absolute Gasteiger partial charge is 0.321 e. The van der Waals surface area contributed by atoms with Crippen molar-refractivity contribution < 1.29 is 4.79 Å². The molecule has 5 nitrogen and oxygen atoms in total. The summed E-state index contributed by atoms with van der Waals surface area (Å²) in [7, 11) is 0. The van der Waals surface area contributed by atoms with Crippen molar-refractivity contribution in [3.63, 3.8) is 0 Å². The second-order valence-electron chi connectivity index (χ2n) is 7.00. The average molecular weight is 398 g/mol. The number of anilines is 1. The van der Waals surface area contributed by atoms with E-state index in [1.165, 1.54) is 10.3 Å². The van der Waals surface area contributed by atoms with Gasteiger partial charge < -0.3 is 5.32 Å². The molecule has 0 radical (unpaired) electrons. The second-order valence-corrected chi connectivity index (χ2v) is 8.03. The molecule has 0 saturated heterocycles. The first-order valence-corrected chi connectivity index (χ1v) is 10.1. The van der Waals surface area contributed by atoms with Crippen molar-refractivity contribution in [2.75, 3.05) is 5.32 Å². The number of fused-ring (bicyclic) bond motifs is 2. The highest BCUT2D eigenvalue weighted by atomic mass is 32.1. The Morgan fingerprint density at radius 2 is 1.83 bits per heavy atom. The predicted molar refractivity (Wildman–Crippen MR) is 118 cm³/mol. The Balaban J connectivity index is 1.41. The number of aryl methyl sites for hydroxylation is 2. The minimum Gasteiger partial charge on any atom is -0.321 e.